The molecule has 1 aromatic carbocycles. The van der Waals surface area contributed by atoms with Crippen LogP contribution in [0.5, 0.6) is 11.5 Å². The zero-order valence-electron chi connectivity index (χ0n) is 15.1. The maximum atomic E-state index is 5.87. The van der Waals surface area contributed by atoms with Crippen LogP contribution in [-0.2, 0) is 13.1 Å². The Morgan fingerprint density at radius 2 is 1.19 bits per heavy atom. The number of hydrogen-bond donors (Lipinski definition) is 2. The number of benzene rings is 1. The molecule has 0 atom stereocenters. The van der Waals surface area contributed by atoms with Crippen LogP contribution in [0.2, 0.25) is 0 Å². The van der Waals surface area contributed by atoms with Gasteiger partial charge in [-0.2, -0.15) is 9.13 Å². The van der Waals surface area contributed by atoms with E-state index >= 15 is 0 Å². The van der Waals surface area contributed by atoms with Gasteiger partial charge in [0.05, 0.1) is 36.7 Å². The first-order valence-corrected chi connectivity index (χ1v) is 8.32. The number of nitrogens with two attached hydrogens (primary N) is 2. The van der Waals surface area contributed by atoms with Crippen LogP contribution in [-0.4, -0.2) is 14.2 Å². The first-order valence-electron chi connectivity index (χ1n) is 8.32. The Morgan fingerprint density at radius 1 is 0.769 bits per heavy atom. The molecule has 2 heterocycles. The van der Waals surface area contributed by atoms with Crippen molar-refractivity contribution >= 4 is 11.4 Å². The molecule has 0 radical (unpaired) electrons. The number of methoxy groups -OCH3 is 2. The molecule has 2 aromatic heterocycles. The topological polar surface area (TPSA) is 78.3 Å². The molecular weight excluding hydrogens is 328 g/mol. The van der Waals surface area contributed by atoms with Gasteiger partial charge in [-0.05, 0) is 24.3 Å². The summed E-state index contributed by atoms with van der Waals surface area (Å²) in [6.07, 6.45) is 7.72. The van der Waals surface area contributed by atoms with E-state index in [1.165, 1.54) is 0 Å². The molecule has 0 saturated heterocycles. The molecule has 4 N–H and O–H groups in total. The van der Waals surface area contributed by atoms with Gasteiger partial charge in [0.1, 0.15) is 11.5 Å². The molecule has 134 valence electrons. The van der Waals surface area contributed by atoms with Crippen LogP contribution in [0.4, 0.5) is 11.4 Å². The zero-order chi connectivity index (χ0) is 18.5. The van der Waals surface area contributed by atoms with E-state index in [4.69, 9.17) is 20.9 Å². The molecule has 0 aliphatic rings. The molecule has 6 nitrogen and oxygen atoms in total. The molecule has 0 aliphatic carbocycles. The lowest BCUT2D eigenvalue weighted by atomic mass is 10.1. The number of nitrogens with zero attached hydrogens (tertiary/aromatic N) is 2. The van der Waals surface area contributed by atoms with Crippen LogP contribution < -0.4 is 30.1 Å². The summed E-state index contributed by atoms with van der Waals surface area (Å²) in [4.78, 5) is 0. The summed E-state index contributed by atoms with van der Waals surface area (Å²) >= 11 is 0. The smallest absolute Gasteiger partial charge is 0.192 e. The maximum Gasteiger partial charge on any atom is 0.192 e. The summed E-state index contributed by atoms with van der Waals surface area (Å²) in [6.45, 7) is 1.27. The molecular formula is C20H24N4O2+2. The summed E-state index contributed by atoms with van der Waals surface area (Å²) < 4.78 is 15.3. The first kappa shape index (κ1) is 17.5. The predicted molar refractivity (Wildman–Crippen MR) is 99.8 cm³/mol. The Kier molecular flexibility index (Phi) is 5.22. The van der Waals surface area contributed by atoms with Gasteiger partial charge in [-0.1, -0.05) is 0 Å². The SMILES string of the molecule is COc1cc(C[n+]2cccc(N)c2)c(OC)cc1C[n+]1cccc(N)c1. The molecule has 0 spiro atoms. The van der Waals surface area contributed by atoms with Crippen molar-refractivity contribution in [2.45, 2.75) is 13.1 Å². The van der Waals surface area contributed by atoms with Crippen molar-refractivity contribution in [3.8, 4) is 11.5 Å². The van der Waals surface area contributed by atoms with Crippen molar-refractivity contribution in [2.75, 3.05) is 25.7 Å². The van der Waals surface area contributed by atoms with Gasteiger partial charge in [-0.15, -0.1) is 0 Å². The van der Waals surface area contributed by atoms with Gasteiger partial charge in [0, 0.05) is 12.1 Å². The van der Waals surface area contributed by atoms with Gasteiger partial charge in [0.2, 0.25) is 0 Å². The zero-order valence-corrected chi connectivity index (χ0v) is 15.1. The third-order valence-corrected chi connectivity index (χ3v) is 4.15. The van der Waals surface area contributed by atoms with E-state index < -0.39 is 0 Å². The van der Waals surface area contributed by atoms with E-state index in [0.717, 1.165) is 22.6 Å². The Hall–Kier alpha value is -3.28. The number of ether oxygens (including phenoxy) is 2. The molecule has 0 saturated carbocycles. The highest BCUT2D eigenvalue weighted by molar-refractivity contribution is 5.46. The highest BCUT2D eigenvalue weighted by Crippen LogP contribution is 2.29. The fraction of sp³-hybridized carbons (Fsp3) is 0.200. The summed E-state index contributed by atoms with van der Waals surface area (Å²) in [5.74, 6) is 1.61. The van der Waals surface area contributed by atoms with Crippen LogP contribution in [0.1, 0.15) is 11.1 Å². The number of rotatable bonds is 6. The number of anilines is 2. The lowest BCUT2D eigenvalue weighted by Crippen LogP contribution is -2.35. The van der Waals surface area contributed by atoms with E-state index in [-0.39, 0.29) is 0 Å². The van der Waals surface area contributed by atoms with Crippen molar-refractivity contribution < 1.29 is 18.6 Å². The Balaban J connectivity index is 1.94. The normalized spacial score (nSPS) is 10.5. The Morgan fingerprint density at radius 3 is 1.54 bits per heavy atom. The van der Waals surface area contributed by atoms with E-state index in [0.29, 0.717) is 24.5 Å². The van der Waals surface area contributed by atoms with E-state index in [1.807, 2.05) is 70.3 Å². The van der Waals surface area contributed by atoms with Crippen molar-refractivity contribution in [3.63, 3.8) is 0 Å². The van der Waals surface area contributed by atoms with Crippen LogP contribution >= 0.6 is 0 Å². The van der Waals surface area contributed by atoms with Crippen molar-refractivity contribution in [1.29, 1.82) is 0 Å². The molecule has 3 rings (SSSR count). The van der Waals surface area contributed by atoms with Crippen LogP contribution in [0.15, 0.2) is 61.2 Å². The molecule has 6 heteroatoms. The lowest BCUT2D eigenvalue weighted by molar-refractivity contribution is -0.688. The Labute approximate surface area is 153 Å². The minimum Gasteiger partial charge on any atom is -0.496 e. The van der Waals surface area contributed by atoms with Gasteiger partial charge >= 0.3 is 0 Å². The molecule has 26 heavy (non-hydrogen) atoms. The molecule has 0 aliphatic heterocycles. The van der Waals surface area contributed by atoms with Crippen LogP contribution in [0.25, 0.3) is 0 Å². The minimum absolute atomic E-state index is 0.635. The average molecular weight is 352 g/mol. The predicted octanol–water partition coefficient (Wildman–Crippen LogP) is 1.54. The number of aromatic nitrogens is 2. The van der Waals surface area contributed by atoms with Crippen molar-refractivity contribution in [1.82, 2.24) is 0 Å². The number of nitrogen functional groups attached to an aromatic ring is 2. The highest BCUT2D eigenvalue weighted by atomic mass is 16.5. The molecule has 0 fully saturated rings. The Bertz CT molecular complexity index is 837. The third-order valence-electron chi connectivity index (χ3n) is 4.15. The van der Waals surface area contributed by atoms with Gasteiger partial charge < -0.3 is 20.9 Å². The fourth-order valence-corrected chi connectivity index (χ4v) is 2.95. The van der Waals surface area contributed by atoms with E-state index in [9.17, 15) is 0 Å². The maximum absolute atomic E-state index is 5.87. The second-order valence-corrected chi connectivity index (χ2v) is 6.10. The summed E-state index contributed by atoms with van der Waals surface area (Å²) in [5, 5.41) is 0. The summed E-state index contributed by atoms with van der Waals surface area (Å²) in [5.41, 5.74) is 15.2. The number of hydrogen-bond acceptors (Lipinski definition) is 4. The molecule has 0 unspecified atom stereocenters. The fourth-order valence-electron chi connectivity index (χ4n) is 2.95. The van der Waals surface area contributed by atoms with Gasteiger partial charge in [-0.25, -0.2) is 0 Å². The third kappa shape index (κ3) is 4.03. The summed E-state index contributed by atoms with van der Waals surface area (Å²) in [6, 6.07) is 11.6. The van der Waals surface area contributed by atoms with E-state index in [1.54, 1.807) is 14.2 Å². The van der Waals surface area contributed by atoms with Gasteiger partial charge in [0.15, 0.2) is 37.9 Å². The largest absolute Gasteiger partial charge is 0.496 e. The number of pyridine rings is 2. The van der Waals surface area contributed by atoms with E-state index in [2.05, 4.69) is 0 Å². The van der Waals surface area contributed by atoms with Crippen LogP contribution in [0, 0.1) is 0 Å². The van der Waals surface area contributed by atoms with Crippen molar-refractivity contribution in [3.05, 3.63) is 72.3 Å². The monoisotopic (exact) mass is 352 g/mol. The average Bonchev–Trinajstić information content (AvgIpc) is 2.62. The minimum atomic E-state index is 0.635. The van der Waals surface area contributed by atoms with Gasteiger partial charge in [0.25, 0.3) is 0 Å². The summed E-state index contributed by atoms with van der Waals surface area (Å²) in [7, 11) is 3.35. The highest BCUT2D eigenvalue weighted by Gasteiger charge is 2.17. The molecule has 0 bridgehead atoms. The molecule has 0 amide bonds. The second kappa shape index (κ2) is 7.74. The standard InChI is InChI=1S/C20H24N4O2/c1-25-19-9-16(12-24-8-4-6-18(22)14-24)20(26-2)10-15(19)11-23-7-3-5-17(21)13-23/h3-10,13-14H,11-12,21-22H2,1-2H3/q+2. The lowest BCUT2D eigenvalue weighted by Gasteiger charge is -2.12. The molecule has 3 aromatic rings. The van der Waals surface area contributed by atoms with Gasteiger partial charge in [-0.3, -0.25) is 0 Å². The van der Waals surface area contributed by atoms with Crippen LogP contribution in [0.3, 0.4) is 0 Å². The second-order valence-electron chi connectivity index (χ2n) is 6.10. The van der Waals surface area contributed by atoms with Crippen molar-refractivity contribution in [2.24, 2.45) is 0 Å². The quantitative estimate of drug-likeness (QED) is 0.660. The first-order chi connectivity index (χ1) is 12.6.